The Labute approximate surface area is 425 Å². The lowest BCUT2D eigenvalue weighted by atomic mass is 10.0. The molecule has 0 fully saturated rings. The third-order valence-electron chi connectivity index (χ3n) is 13.9. The van der Waals surface area contributed by atoms with E-state index in [9.17, 15) is 14.3 Å². The van der Waals surface area contributed by atoms with E-state index in [1.165, 1.54) is 263 Å². The van der Waals surface area contributed by atoms with Gasteiger partial charge in [0.25, 0.3) is 7.82 Å². The monoisotopic (exact) mass is 986 g/mol. The Morgan fingerprint density at radius 1 is 0.397 bits per heavy atom. The molecule has 0 aliphatic rings. The second-order valence-corrected chi connectivity index (χ2v) is 23.5. The van der Waals surface area contributed by atoms with E-state index < -0.39 is 13.9 Å². The zero-order valence-electron chi connectivity index (χ0n) is 46.6. The standard InChI is InChI=1S/C59H120NO7P/c1-6-8-10-12-14-16-18-20-21-22-23-24-25-26-27-28-29-30-31-32-33-34-35-36-37-38-39-40-41-42-44-46-48-50-52-59(61)67-58(57-66-68(62,63)65-55-53-60(3,4)5)56-64-54-51-49-47-45-43-19-17-15-13-11-9-7-2/h58H,6-57H2,1-5H3/t58-/m1/s1. The number of quaternary nitrogens is 1. The predicted octanol–water partition coefficient (Wildman–Crippen LogP) is 18.5. The predicted molar refractivity (Wildman–Crippen MR) is 291 cm³/mol. The summed E-state index contributed by atoms with van der Waals surface area (Å²) in [6.07, 6.45) is 61.8. The molecule has 0 radical (unpaired) electrons. The molecular weight excluding hydrogens is 866 g/mol. The van der Waals surface area contributed by atoms with Crippen LogP contribution in [-0.4, -0.2) is 70.7 Å². The highest BCUT2D eigenvalue weighted by Gasteiger charge is 2.20. The average molecular weight is 987 g/mol. The van der Waals surface area contributed by atoms with Gasteiger partial charge in [-0.05, 0) is 12.8 Å². The highest BCUT2D eigenvalue weighted by atomic mass is 31.2. The lowest BCUT2D eigenvalue weighted by molar-refractivity contribution is -0.870. The minimum atomic E-state index is -4.52. The SMILES string of the molecule is CCCCCCCCCCCCCCCCCCCCCCCCCCCCCCCCCCCCC(=O)O[C@H](COCCCCCCCCCCCCCC)COP(=O)([O-])OCC[N+](C)(C)C. The molecule has 0 saturated heterocycles. The number of phosphoric ester groups is 1. The van der Waals surface area contributed by atoms with Crippen molar-refractivity contribution in [2.45, 2.75) is 322 Å². The van der Waals surface area contributed by atoms with Gasteiger partial charge in [-0.25, -0.2) is 0 Å². The second kappa shape index (κ2) is 52.8. The van der Waals surface area contributed by atoms with Crippen molar-refractivity contribution >= 4 is 13.8 Å². The van der Waals surface area contributed by atoms with E-state index in [4.69, 9.17) is 18.5 Å². The van der Waals surface area contributed by atoms with Gasteiger partial charge in [0.1, 0.15) is 19.3 Å². The first-order valence-electron chi connectivity index (χ1n) is 30.3. The summed E-state index contributed by atoms with van der Waals surface area (Å²) in [5.41, 5.74) is 0. The molecule has 0 aromatic heterocycles. The topological polar surface area (TPSA) is 94.1 Å². The summed E-state index contributed by atoms with van der Waals surface area (Å²) in [4.78, 5) is 25.2. The van der Waals surface area contributed by atoms with E-state index in [2.05, 4.69) is 13.8 Å². The number of carbonyl (C=O) groups excluding carboxylic acids is 1. The summed E-state index contributed by atoms with van der Waals surface area (Å²) in [6.45, 7) is 5.49. The number of likely N-dealkylation sites (N-methyl/N-ethyl adjacent to an activating group) is 1. The Morgan fingerprint density at radius 3 is 0.971 bits per heavy atom. The average Bonchev–Trinajstić information content (AvgIpc) is 3.30. The lowest BCUT2D eigenvalue weighted by Crippen LogP contribution is -2.37. The van der Waals surface area contributed by atoms with Crippen molar-refractivity contribution < 1.29 is 37.3 Å². The molecule has 0 aromatic carbocycles. The van der Waals surface area contributed by atoms with Gasteiger partial charge in [0, 0.05) is 13.0 Å². The molecule has 0 aromatic rings. The zero-order valence-corrected chi connectivity index (χ0v) is 47.5. The summed E-state index contributed by atoms with van der Waals surface area (Å²) >= 11 is 0. The highest BCUT2D eigenvalue weighted by molar-refractivity contribution is 7.45. The van der Waals surface area contributed by atoms with Crippen molar-refractivity contribution in [2.24, 2.45) is 0 Å². The minimum Gasteiger partial charge on any atom is -0.756 e. The van der Waals surface area contributed by atoms with Crippen molar-refractivity contribution in [1.82, 2.24) is 0 Å². The van der Waals surface area contributed by atoms with Gasteiger partial charge in [0.2, 0.25) is 0 Å². The summed E-state index contributed by atoms with van der Waals surface area (Å²) < 4.78 is 34.8. The third kappa shape index (κ3) is 56.4. The Balaban J connectivity index is 3.80. The number of rotatable bonds is 58. The molecule has 408 valence electrons. The molecule has 0 aliphatic carbocycles. The van der Waals surface area contributed by atoms with Crippen molar-refractivity contribution in [3.8, 4) is 0 Å². The molecule has 68 heavy (non-hydrogen) atoms. The Kier molecular flexibility index (Phi) is 52.4. The van der Waals surface area contributed by atoms with Crippen LogP contribution in [-0.2, 0) is 27.9 Å². The van der Waals surface area contributed by atoms with Crippen LogP contribution < -0.4 is 4.89 Å². The van der Waals surface area contributed by atoms with Crippen LogP contribution in [0, 0.1) is 0 Å². The molecule has 2 atom stereocenters. The minimum absolute atomic E-state index is 0.0317. The number of ether oxygens (including phenoxy) is 2. The van der Waals surface area contributed by atoms with Crippen LogP contribution in [0.25, 0.3) is 0 Å². The van der Waals surface area contributed by atoms with E-state index in [0.717, 1.165) is 32.1 Å². The molecule has 0 aliphatic heterocycles. The number of hydrogen-bond acceptors (Lipinski definition) is 7. The molecule has 0 amide bonds. The van der Waals surface area contributed by atoms with E-state index in [0.29, 0.717) is 24.1 Å². The summed E-state index contributed by atoms with van der Waals surface area (Å²) in [7, 11) is 1.38. The van der Waals surface area contributed by atoms with Gasteiger partial charge < -0.3 is 27.9 Å². The fraction of sp³-hybridized carbons (Fsp3) is 0.983. The fourth-order valence-electron chi connectivity index (χ4n) is 9.26. The number of nitrogens with zero attached hydrogens (tertiary/aromatic N) is 1. The molecule has 0 bridgehead atoms. The number of esters is 1. The zero-order chi connectivity index (χ0) is 49.8. The molecule has 8 nitrogen and oxygen atoms in total. The molecule has 0 spiro atoms. The van der Waals surface area contributed by atoms with Crippen molar-refractivity contribution in [1.29, 1.82) is 0 Å². The van der Waals surface area contributed by atoms with E-state index in [1.54, 1.807) is 0 Å². The summed E-state index contributed by atoms with van der Waals surface area (Å²) in [6, 6.07) is 0. The molecule has 9 heteroatoms. The molecular formula is C59H120NO7P. The number of unbranched alkanes of at least 4 members (excludes halogenated alkanes) is 44. The molecule has 0 rings (SSSR count). The lowest BCUT2D eigenvalue weighted by Gasteiger charge is -2.28. The van der Waals surface area contributed by atoms with Crippen LogP contribution in [0.1, 0.15) is 316 Å². The molecule has 0 heterocycles. The number of carbonyl (C=O) groups is 1. The van der Waals surface area contributed by atoms with Gasteiger partial charge in [-0.1, -0.05) is 296 Å². The van der Waals surface area contributed by atoms with Crippen molar-refractivity contribution in [2.75, 3.05) is 54.1 Å². The van der Waals surface area contributed by atoms with Gasteiger partial charge in [-0.3, -0.25) is 9.36 Å². The van der Waals surface area contributed by atoms with E-state index in [1.807, 2.05) is 21.1 Å². The van der Waals surface area contributed by atoms with Gasteiger partial charge >= 0.3 is 5.97 Å². The highest BCUT2D eigenvalue weighted by Crippen LogP contribution is 2.38. The first kappa shape index (κ1) is 67.5. The first-order chi connectivity index (χ1) is 33.1. The van der Waals surface area contributed by atoms with Gasteiger partial charge in [-0.2, -0.15) is 0 Å². The maximum Gasteiger partial charge on any atom is 0.306 e. The van der Waals surface area contributed by atoms with Crippen LogP contribution in [0.5, 0.6) is 0 Å². The van der Waals surface area contributed by atoms with Crippen LogP contribution >= 0.6 is 7.82 Å². The van der Waals surface area contributed by atoms with Gasteiger partial charge in [-0.15, -0.1) is 0 Å². The van der Waals surface area contributed by atoms with Gasteiger partial charge in [0.15, 0.2) is 0 Å². The smallest absolute Gasteiger partial charge is 0.306 e. The Bertz CT molecular complexity index is 1050. The van der Waals surface area contributed by atoms with Crippen LogP contribution in [0.3, 0.4) is 0 Å². The normalized spacial score (nSPS) is 13.3. The summed E-state index contributed by atoms with van der Waals surface area (Å²) in [5, 5.41) is 0. The van der Waals surface area contributed by atoms with Crippen LogP contribution in [0.15, 0.2) is 0 Å². The maximum atomic E-state index is 12.8. The number of hydrogen-bond donors (Lipinski definition) is 0. The fourth-order valence-corrected chi connectivity index (χ4v) is 9.99. The third-order valence-corrected chi connectivity index (χ3v) is 14.9. The van der Waals surface area contributed by atoms with Gasteiger partial charge in [0.05, 0.1) is 34.4 Å². The quantitative estimate of drug-likeness (QED) is 0.0259. The van der Waals surface area contributed by atoms with E-state index >= 15 is 0 Å². The van der Waals surface area contributed by atoms with Crippen LogP contribution in [0.2, 0.25) is 0 Å². The van der Waals surface area contributed by atoms with E-state index in [-0.39, 0.29) is 25.8 Å². The largest absolute Gasteiger partial charge is 0.756 e. The molecule has 0 N–H and O–H groups in total. The Hall–Kier alpha value is -0.500. The van der Waals surface area contributed by atoms with Crippen molar-refractivity contribution in [3.63, 3.8) is 0 Å². The molecule has 0 saturated carbocycles. The number of phosphoric acid groups is 1. The van der Waals surface area contributed by atoms with Crippen LogP contribution in [0.4, 0.5) is 0 Å². The first-order valence-corrected chi connectivity index (χ1v) is 31.7. The molecule has 1 unspecified atom stereocenters. The Morgan fingerprint density at radius 2 is 0.676 bits per heavy atom. The maximum absolute atomic E-state index is 12.8. The summed E-state index contributed by atoms with van der Waals surface area (Å²) in [5.74, 6) is -0.324. The van der Waals surface area contributed by atoms with Crippen molar-refractivity contribution in [3.05, 3.63) is 0 Å². The second-order valence-electron chi connectivity index (χ2n) is 22.1.